The third-order valence-electron chi connectivity index (χ3n) is 3.70. The molecule has 1 heterocycles. The lowest BCUT2D eigenvalue weighted by molar-refractivity contribution is 0.549. The average molecular weight is 255 g/mol. The first-order valence-electron chi connectivity index (χ1n) is 7.15. The van der Waals surface area contributed by atoms with Crippen molar-refractivity contribution in [2.75, 3.05) is 0 Å². The summed E-state index contributed by atoms with van der Waals surface area (Å²) in [6.07, 6.45) is 3.31. The number of rotatable bonds is 5. The van der Waals surface area contributed by atoms with Crippen LogP contribution >= 0.6 is 0 Å². The molecule has 0 aliphatic heterocycles. The van der Waals surface area contributed by atoms with Gasteiger partial charge >= 0.3 is 0 Å². The molecule has 2 rings (SSSR count). The molecular formula is C16H21N3. The van der Waals surface area contributed by atoms with E-state index in [1.807, 2.05) is 18.2 Å². The second kappa shape index (κ2) is 5.88. The van der Waals surface area contributed by atoms with Crippen LogP contribution in [0.2, 0.25) is 0 Å². The van der Waals surface area contributed by atoms with Gasteiger partial charge in [0.2, 0.25) is 0 Å². The second-order valence-corrected chi connectivity index (χ2v) is 4.95. The highest BCUT2D eigenvalue weighted by Gasteiger charge is 2.17. The Balaban J connectivity index is 2.62. The van der Waals surface area contributed by atoms with Crippen molar-refractivity contribution in [1.82, 2.24) is 9.55 Å². The molecule has 0 amide bonds. The third kappa shape index (κ3) is 2.49. The lowest BCUT2D eigenvalue weighted by Gasteiger charge is -2.14. The van der Waals surface area contributed by atoms with E-state index in [2.05, 4.69) is 31.4 Å². The largest absolute Gasteiger partial charge is 0.328 e. The lowest BCUT2D eigenvalue weighted by atomic mass is 10.0. The van der Waals surface area contributed by atoms with Crippen LogP contribution in [0.1, 0.15) is 57.3 Å². The molecule has 1 aromatic heterocycles. The van der Waals surface area contributed by atoms with Crippen LogP contribution in [0.4, 0.5) is 0 Å². The number of hydrogen-bond acceptors (Lipinski definition) is 2. The first-order valence-corrected chi connectivity index (χ1v) is 7.15. The summed E-state index contributed by atoms with van der Waals surface area (Å²) in [5, 5.41) is 8.99. The minimum absolute atomic E-state index is 0.504. The highest BCUT2D eigenvalue weighted by Crippen LogP contribution is 2.27. The Morgan fingerprint density at radius 1 is 1.26 bits per heavy atom. The highest BCUT2D eigenvalue weighted by molar-refractivity contribution is 5.78. The third-order valence-corrected chi connectivity index (χ3v) is 3.70. The van der Waals surface area contributed by atoms with E-state index in [0.29, 0.717) is 11.5 Å². The van der Waals surface area contributed by atoms with E-state index in [1.165, 1.54) is 5.82 Å². The summed E-state index contributed by atoms with van der Waals surface area (Å²) in [5.74, 6) is 1.68. The molecule has 100 valence electrons. The minimum atomic E-state index is 0.504. The molecule has 0 fully saturated rings. The molecule has 0 spiro atoms. The van der Waals surface area contributed by atoms with Gasteiger partial charge in [-0.25, -0.2) is 4.98 Å². The second-order valence-electron chi connectivity index (χ2n) is 4.95. The maximum absolute atomic E-state index is 8.99. The Labute approximate surface area is 114 Å². The molecule has 0 atom stereocenters. The molecule has 0 bridgehead atoms. The van der Waals surface area contributed by atoms with E-state index in [-0.39, 0.29) is 0 Å². The fourth-order valence-corrected chi connectivity index (χ4v) is 2.64. The number of aryl methyl sites for hydroxylation is 1. The average Bonchev–Trinajstić information content (AvgIpc) is 2.79. The van der Waals surface area contributed by atoms with Crippen molar-refractivity contribution in [3.63, 3.8) is 0 Å². The quantitative estimate of drug-likeness (QED) is 0.802. The van der Waals surface area contributed by atoms with Crippen LogP contribution in [-0.2, 0) is 6.54 Å². The summed E-state index contributed by atoms with van der Waals surface area (Å²) in [6, 6.07) is 8.00. The topological polar surface area (TPSA) is 41.6 Å². The van der Waals surface area contributed by atoms with E-state index < -0.39 is 0 Å². The van der Waals surface area contributed by atoms with Crippen molar-refractivity contribution < 1.29 is 0 Å². The Morgan fingerprint density at radius 3 is 2.58 bits per heavy atom. The smallest absolute Gasteiger partial charge is 0.112 e. The summed E-state index contributed by atoms with van der Waals surface area (Å²) in [7, 11) is 0. The van der Waals surface area contributed by atoms with Gasteiger partial charge in [0, 0.05) is 12.5 Å². The number of imidazole rings is 1. The van der Waals surface area contributed by atoms with Crippen molar-refractivity contribution in [2.24, 2.45) is 0 Å². The van der Waals surface area contributed by atoms with E-state index in [4.69, 9.17) is 10.2 Å². The van der Waals surface area contributed by atoms with Gasteiger partial charge in [0.15, 0.2) is 0 Å². The highest BCUT2D eigenvalue weighted by atomic mass is 15.1. The van der Waals surface area contributed by atoms with Crippen LogP contribution in [0.25, 0.3) is 11.0 Å². The fraction of sp³-hybridized carbons (Fsp3) is 0.500. The van der Waals surface area contributed by atoms with Gasteiger partial charge < -0.3 is 4.57 Å². The zero-order valence-electron chi connectivity index (χ0n) is 12.0. The van der Waals surface area contributed by atoms with Gasteiger partial charge in [0.25, 0.3) is 0 Å². The van der Waals surface area contributed by atoms with Crippen LogP contribution in [0, 0.1) is 11.3 Å². The molecular weight excluding hydrogens is 234 g/mol. The molecule has 0 unspecified atom stereocenters. The van der Waals surface area contributed by atoms with Gasteiger partial charge in [-0.2, -0.15) is 5.26 Å². The summed E-state index contributed by atoms with van der Waals surface area (Å²) in [5.41, 5.74) is 2.79. The maximum atomic E-state index is 8.99. The van der Waals surface area contributed by atoms with Crippen molar-refractivity contribution in [2.45, 2.75) is 52.5 Å². The van der Waals surface area contributed by atoms with E-state index in [1.54, 1.807) is 0 Å². The zero-order chi connectivity index (χ0) is 13.8. The maximum Gasteiger partial charge on any atom is 0.112 e. The lowest BCUT2D eigenvalue weighted by Crippen LogP contribution is -2.08. The van der Waals surface area contributed by atoms with Crippen molar-refractivity contribution >= 4 is 11.0 Å². The van der Waals surface area contributed by atoms with Gasteiger partial charge in [0.05, 0.1) is 22.7 Å². The predicted molar refractivity (Wildman–Crippen MR) is 78.1 cm³/mol. The standard InChI is InChI=1S/C16H21N3/c1-4-9-19-15-8-7-12(11-17)10-14(15)18-16(19)13(5-2)6-3/h7-8,10,13H,4-6,9H2,1-3H3. The summed E-state index contributed by atoms with van der Waals surface area (Å²) < 4.78 is 2.33. The van der Waals surface area contributed by atoms with Crippen molar-refractivity contribution in [3.05, 3.63) is 29.6 Å². The molecule has 1 aromatic carbocycles. The first-order chi connectivity index (χ1) is 9.24. The van der Waals surface area contributed by atoms with Gasteiger partial charge in [-0.3, -0.25) is 0 Å². The van der Waals surface area contributed by atoms with E-state index in [9.17, 15) is 0 Å². The van der Waals surface area contributed by atoms with Crippen LogP contribution in [-0.4, -0.2) is 9.55 Å². The molecule has 2 aromatic rings. The van der Waals surface area contributed by atoms with E-state index in [0.717, 1.165) is 36.8 Å². The number of benzene rings is 1. The number of nitriles is 1. The van der Waals surface area contributed by atoms with Crippen LogP contribution < -0.4 is 0 Å². The van der Waals surface area contributed by atoms with Crippen LogP contribution in [0.3, 0.4) is 0 Å². The molecule has 0 saturated carbocycles. The summed E-state index contributed by atoms with van der Waals surface area (Å²) >= 11 is 0. The molecule has 0 radical (unpaired) electrons. The van der Waals surface area contributed by atoms with Gasteiger partial charge in [-0.1, -0.05) is 20.8 Å². The monoisotopic (exact) mass is 255 g/mol. The molecule has 0 N–H and O–H groups in total. The summed E-state index contributed by atoms with van der Waals surface area (Å²) in [4.78, 5) is 4.79. The van der Waals surface area contributed by atoms with Crippen LogP contribution in [0.5, 0.6) is 0 Å². The SMILES string of the molecule is CCCn1c(C(CC)CC)nc2cc(C#N)ccc21. The Bertz CT molecular complexity index is 600. The van der Waals surface area contributed by atoms with Crippen molar-refractivity contribution in [3.8, 4) is 6.07 Å². The Morgan fingerprint density at radius 2 is 2.00 bits per heavy atom. The van der Waals surface area contributed by atoms with Gasteiger partial charge in [-0.05, 0) is 37.5 Å². The first kappa shape index (κ1) is 13.6. The van der Waals surface area contributed by atoms with Crippen LogP contribution in [0.15, 0.2) is 18.2 Å². The minimum Gasteiger partial charge on any atom is -0.328 e. The zero-order valence-corrected chi connectivity index (χ0v) is 12.0. The number of fused-ring (bicyclic) bond motifs is 1. The predicted octanol–water partition coefficient (Wildman–Crippen LogP) is 4.22. The Hall–Kier alpha value is -1.82. The summed E-state index contributed by atoms with van der Waals surface area (Å²) in [6.45, 7) is 7.61. The fourth-order valence-electron chi connectivity index (χ4n) is 2.64. The number of aromatic nitrogens is 2. The number of nitrogens with zero attached hydrogens (tertiary/aromatic N) is 3. The molecule has 0 aliphatic carbocycles. The Kier molecular flexibility index (Phi) is 4.21. The van der Waals surface area contributed by atoms with E-state index >= 15 is 0 Å². The normalized spacial score (nSPS) is 11.1. The molecule has 0 aliphatic rings. The number of hydrogen-bond donors (Lipinski definition) is 0. The molecule has 0 saturated heterocycles. The molecule has 3 nitrogen and oxygen atoms in total. The van der Waals surface area contributed by atoms with Crippen molar-refractivity contribution in [1.29, 1.82) is 5.26 Å². The van der Waals surface area contributed by atoms with Gasteiger partial charge in [-0.15, -0.1) is 0 Å². The molecule has 19 heavy (non-hydrogen) atoms. The van der Waals surface area contributed by atoms with Gasteiger partial charge in [0.1, 0.15) is 5.82 Å². The molecule has 3 heteroatoms.